The molecule has 0 unspecified atom stereocenters. The molecule has 2 aromatic rings. The summed E-state index contributed by atoms with van der Waals surface area (Å²) >= 11 is 0. The lowest BCUT2D eigenvalue weighted by atomic mass is 10.2. The van der Waals surface area contributed by atoms with Gasteiger partial charge in [-0.1, -0.05) is 6.07 Å². The van der Waals surface area contributed by atoms with Crippen molar-refractivity contribution in [3.8, 4) is 11.5 Å². The molecule has 1 aliphatic carbocycles. The average molecular weight is 371 g/mol. The van der Waals surface area contributed by atoms with Gasteiger partial charge in [0, 0.05) is 26.8 Å². The van der Waals surface area contributed by atoms with Crippen LogP contribution in [0.15, 0.2) is 35.5 Å². The average Bonchev–Trinajstić information content (AvgIpc) is 3.34. The second-order valence-electron chi connectivity index (χ2n) is 6.74. The number of aryl methyl sites for hydroxylation is 1. The van der Waals surface area contributed by atoms with Gasteiger partial charge < -0.3 is 20.1 Å². The number of guanidine groups is 1. The van der Waals surface area contributed by atoms with E-state index in [-0.39, 0.29) is 0 Å². The number of benzene rings is 1. The van der Waals surface area contributed by atoms with Crippen molar-refractivity contribution < 1.29 is 9.47 Å². The summed E-state index contributed by atoms with van der Waals surface area (Å²) in [6, 6.07) is 8.05. The number of nitrogens with zero attached hydrogens (tertiary/aromatic N) is 3. The van der Waals surface area contributed by atoms with Crippen molar-refractivity contribution in [2.24, 2.45) is 12.0 Å². The molecular weight excluding hydrogens is 342 g/mol. The van der Waals surface area contributed by atoms with Crippen LogP contribution >= 0.6 is 0 Å². The highest BCUT2D eigenvalue weighted by Gasteiger charge is 2.18. The Hall–Kier alpha value is -2.70. The molecule has 0 radical (unpaired) electrons. The van der Waals surface area contributed by atoms with Gasteiger partial charge in [0.15, 0.2) is 17.5 Å². The van der Waals surface area contributed by atoms with Gasteiger partial charge in [0.05, 0.1) is 25.5 Å². The van der Waals surface area contributed by atoms with Crippen LogP contribution in [0.2, 0.25) is 0 Å². The fourth-order valence-corrected chi connectivity index (χ4v) is 3.26. The predicted octanol–water partition coefficient (Wildman–Crippen LogP) is 2.62. The predicted molar refractivity (Wildman–Crippen MR) is 106 cm³/mol. The van der Waals surface area contributed by atoms with E-state index in [0.717, 1.165) is 41.6 Å². The third-order valence-corrected chi connectivity index (χ3v) is 4.87. The Kier molecular flexibility index (Phi) is 6.57. The summed E-state index contributed by atoms with van der Waals surface area (Å²) in [7, 11) is 5.37. The van der Waals surface area contributed by atoms with Crippen molar-refractivity contribution in [1.29, 1.82) is 0 Å². The van der Waals surface area contributed by atoms with E-state index in [1.54, 1.807) is 20.4 Å². The lowest BCUT2D eigenvalue weighted by molar-refractivity contribution is 0.200. The van der Waals surface area contributed by atoms with Crippen LogP contribution < -0.4 is 20.1 Å². The smallest absolute Gasteiger partial charge is 0.191 e. The van der Waals surface area contributed by atoms with Crippen LogP contribution in [0.4, 0.5) is 0 Å². The highest BCUT2D eigenvalue weighted by Crippen LogP contribution is 2.32. The van der Waals surface area contributed by atoms with Crippen LogP contribution in [0, 0.1) is 0 Å². The van der Waals surface area contributed by atoms with Gasteiger partial charge in [-0.15, -0.1) is 0 Å². The maximum Gasteiger partial charge on any atom is 0.191 e. The zero-order chi connectivity index (χ0) is 19.1. The fraction of sp³-hybridized carbons (Fsp3) is 0.500. The highest BCUT2D eigenvalue weighted by molar-refractivity contribution is 5.79. The lowest BCUT2D eigenvalue weighted by Crippen LogP contribution is -2.36. The summed E-state index contributed by atoms with van der Waals surface area (Å²) in [5.41, 5.74) is 2.21. The first kappa shape index (κ1) is 19.1. The lowest BCUT2D eigenvalue weighted by Gasteiger charge is -2.17. The Morgan fingerprint density at radius 2 is 1.96 bits per heavy atom. The molecule has 146 valence electrons. The van der Waals surface area contributed by atoms with E-state index in [9.17, 15) is 0 Å². The van der Waals surface area contributed by atoms with Gasteiger partial charge in [0.2, 0.25) is 0 Å². The van der Waals surface area contributed by atoms with Gasteiger partial charge in [0.25, 0.3) is 0 Å². The Morgan fingerprint density at radius 1 is 1.19 bits per heavy atom. The Morgan fingerprint density at radius 3 is 2.63 bits per heavy atom. The van der Waals surface area contributed by atoms with Gasteiger partial charge in [-0.05, 0) is 49.4 Å². The molecule has 0 saturated heterocycles. The van der Waals surface area contributed by atoms with Gasteiger partial charge in [-0.25, -0.2) is 0 Å². The molecule has 7 heteroatoms. The molecule has 0 bridgehead atoms. The fourth-order valence-electron chi connectivity index (χ4n) is 3.26. The van der Waals surface area contributed by atoms with Crippen LogP contribution in [0.1, 0.15) is 36.9 Å². The normalized spacial score (nSPS) is 15.0. The molecule has 2 N–H and O–H groups in total. The maximum atomic E-state index is 6.17. The van der Waals surface area contributed by atoms with Gasteiger partial charge in [-0.2, -0.15) is 5.10 Å². The van der Waals surface area contributed by atoms with E-state index in [0.29, 0.717) is 19.2 Å². The molecule has 1 saturated carbocycles. The molecule has 7 nitrogen and oxygen atoms in total. The van der Waals surface area contributed by atoms with Gasteiger partial charge >= 0.3 is 0 Å². The first-order valence-corrected chi connectivity index (χ1v) is 9.44. The van der Waals surface area contributed by atoms with Crippen LogP contribution in [-0.4, -0.2) is 36.0 Å². The number of methoxy groups -OCH3 is 1. The number of aromatic nitrogens is 2. The Labute approximate surface area is 160 Å². The summed E-state index contributed by atoms with van der Waals surface area (Å²) in [6.45, 7) is 1.31. The van der Waals surface area contributed by atoms with E-state index >= 15 is 0 Å². The summed E-state index contributed by atoms with van der Waals surface area (Å²) in [5.74, 6) is 2.34. The second kappa shape index (κ2) is 9.30. The van der Waals surface area contributed by atoms with Crippen LogP contribution in [-0.2, 0) is 20.1 Å². The first-order valence-electron chi connectivity index (χ1n) is 9.44. The number of aliphatic imine (C=N–C) groups is 1. The van der Waals surface area contributed by atoms with E-state index in [2.05, 4.69) is 26.8 Å². The maximum absolute atomic E-state index is 6.17. The molecule has 0 aliphatic heterocycles. The molecule has 3 rings (SSSR count). The van der Waals surface area contributed by atoms with Crippen molar-refractivity contribution in [2.75, 3.05) is 14.2 Å². The first-order chi connectivity index (χ1) is 13.2. The SMILES string of the molecule is CN=C(NCc1ccc(OC)c(OC2CCCC2)c1)NCc1ccnn1C. The Balaban J connectivity index is 1.58. The third kappa shape index (κ3) is 5.15. The van der Waals surface area contributed by atoms with E-state index < -0.39 is 0 Å². The standard InChI is InChI=1S/C20H29N5O2/c1-21-20(23-14-16-10-11-24-25(16)2)22-13-15-8-9-18(26-3)19(12-15)27-17-6-4-5-7-17/h8-12,17H,4-7,13-14H2,1-3H3,(H2,21,22,23). The van der Waals surface area contributed by atoms with Gasteiger partial charge in [-0.3, -0.25) is 9.67 Å². The number of hydrogen-bond donors (Lipinski definition) is 2. The molecule has 1 aliphatic rings. The summed E-state index contributed by atoms with van der Waals surface area (Å²) in [5, 5.41) is 10.8. The van der Waals surface area contributed by atoms with E-state index in [4.69, 9.17) is 9.47 Å². The summed E-state index contributed by atoms with van der Waals surface area (Å²) < 4.78 is 13.5. The zero-order valence-electron chi connectivity index (χ0n) is 16.4. The van der Waals surface area contributed by atoms with Crippen molar-refractivity contribution in [3.05, 3.63) is 41.7 Å². The van der Waals surface area contributed by atoms with Crippen molar-refractivity contribution in [3.63, 3.8) is 0 Å². The third-order valence-electron chi connectivity index (χ3n) is 4.87. The topological polar surface area (TPSA) is 72.7 Å². The monoisotopic (exact) mass is 371 g/mol. The number of rotatable bonds is 7. The largest absolute Gasteiger partial charge is 0.493 e. The minimum Gasteiger partial charge on any atom is -0.493 e. The summed E-state index contributed by atoms with van der Waals surface area (Å²) in [6.07, 6.45) is 6.82. The van der Waals surface area contributed by atoms with Crippen molar-refractivity contribution >= 4 is 5.96 Å². The quantitative estimate of drug-likeness (QED) is 0.578. The molecule has 0 spiro atoms. The number of hydrogen-bond acceptors (Lipinski definition) is 4. The van der Waals surface area contributed by atoms with E-state index in [1.807, 2.05) is 29.9 Å². The Bertz CT molecular complexity index is 765. The van der Waals surface area contributed by atoms with E-state index in [1.165, 1.54) is 12.8 Å². The molecule has 0 atom stereocenters. The molecule has 1 aromatic heterocycles. The van der Waals surface area contributed by atoms with Crippen LogP contribution in [0.25, 0.3) is 0 Å². The zero-order valence-corrected chi connectivity index (χ0v) is 16.4. The van der Waals surface area contributed by atoms with Gasteiger partial charge in [0.1, 0.15) is 0 Å². The number of nitrogens with one attached hydrogen (secondary N) is 2. The molecular formula is C20H29N5O2. The molecule has 1 fully saturated rings. The number of ether oxygens (including phenoxy) is 2. The van der Waals surface area contributed by atoms with Crippen molar-refractivity contribution in [1.82, 2.24) is 20.4 Å². The molecule has 1 aromatic carbocycles. The van der Waals surface area contributed by atoms with Crippen molar-refractivity contribution in [2.45, 2.75) is 44.9 Å². The molecule has 1 heterocycles. The van der Waals surface area contributed by atoms with Crippen LogP contribution in [0.3, 0.4) is 0 Å². The molecule has 27 heavy (non-hydrogen) atoms. The highest BCUT2D eigenvalue weighted by atomic mass is 16.5. The minimum atomic E-state index is 0.301. The van der Waals surface area contributed by atoms with Crippen LogP contribution in [0.5, 0.6) is 11.5 Å². The second-order valence-corrected chi connectivity index (χ2v) is 6.74. The molecule has 0 amide bonds. The minimum absolute atomic E-state index is 0.301. The summed E-state index contributed by atoms with van der Waals surface area (Å²) in [4.78, 5) is 4.28.